The maximum Gasteiger partial charge on any atom is 0.244 e. The van der Waals surface area contributed by atoms with Gasteiger partial charge in [-0.05, 0) is 43.1 Å². The van der Waals surface area contributed by atoms with E-state index >= 15 is 0 Å². The zero-order valence-electron chi connectivity index (χ0n) is 11.3. The Morgan fingerprint density at radius 2 is 1.95 bits per heavy atom. The van der Waals surface area contributed by atoms with Crippen LogP contribution in [0, 0.1) is 5.92 Å². The van der Waals surface area contributed by atoms with Gasteiger partial charge < -0.3 is 10.6 Å². The van der Waals surface area contributed by atoms with Crippen LogP contribution in [0.25, 0.3) is 0 Å². The number of H-pyrrole nitrogens is 1. The first kappa shape index (κ1) is 13.2. The smallest absolute Gasteiger partial charge is 0.244 e. The zero-order chi connectivity index (χ0) is 13.1. The first-order valence-corrected chi connectivity index (χ1v) is 8.46. The maximum absolute atomic E-state index is 5.93. The van der Waals surface area contributed by atoms with Crippen LogP contribution >= 0.6 is 11.8 Å². The van der Waals surface area contributed by atoms with Gasteiger partial charge in [0.05, 0.1) is 0 Å². The van der Waals surface area contributed by atoms with E-state index in [-0.39, 0.29) is 0 Å². The molecular formula is C13H23N5S. The molecule has 2 aliphatic rings. The van der Waals surface area contributed by atoms with Gasteiger partial charge in [0, 0.05) is 25.6 Å². The van der Waals surface area contributed by atoms with E-state index in [1.807, 2.05) is 0 Å². The van der Waals surface area contributed by atoms with Gasteiger partial charge in [-0.2, -0.15) is 16.7 Å². The molecule has 6 heteroatoms. The van der Waals surface area contributed by atoms with Gasteiger partial charge in [-0.15, -0.1) is 5.10 Å². The van der Waals surface area contributed by atoms with Gasteiger partial charge in [-0.1, -0.05) is 0 Å². The van der Waals surface area contributed by atoms with Gasteiger partial charge in [0.1, 0.15) is 5.82 Å². The number of hydrogen-bond acceptors (Lipinski definition) is 5. The minimum absolute atomic E-state index is 0.356. The lowest BCUT2D eigenvalue weighted by Gasteiger charge is -2.28. The minimum atomic E-state index is 0.356. The van der Waals surface area contributed by atoms with Gasteiger partial charge in [0.2, 0.25) is 5.95 Å². The summed E-state index contributed by atoms with van der Waals surface area (Å²) in [5, 5.41) is 7.49. The number of hydrogen-bond donors (Lipinski definition) is 2. The van der Waals surface area contributed by atoms with Crippen molar-refractivity contribution in [2.24, 2.45) is 11.7 Å². The van der Waals surface area contributed by atoms with Crippen LogP contribution in [-0.2, 0) is 6.42 Å². The Labute approximate surface area is 118 Å². The number of piperidine rings is 1. The number of aromatic amines is 1. The molecule has 3 heterocycles. The van der Waals surface area contributed by atoms with Crippen LogP contribution in [0.1, 0.15) is 31.5 Å². The van der Waals surface area contributed by atoms with E-state index in [0.717, 1.165) is 50.0 Å². The number of rotatable bonds is 3. The Balaban J connectivity index is 1.56. The van der Waals surface area contributed by atoms with Crippen molar-refractivity contribution in [3.63, 3.8) is 0 Å². The average Bonchev–Trinajstić information content (AvgIpc) is 2.89. The minimum Gasteiger partial charge on any atom is -0.339 e. The highest BCUT2D eigenvalue weighted by molar-refractivity contribution is 7.99. The van der Waals surface area contributed by atoms with Crippen LogP contribution in [0.15, 0.2) is 0 Å². The average molecular weight is 281 g/mol. The van der Waals surface area contributed by atoms with Gasteiger partial charge in [-0.3, -0.25) is 5.10 Å². The lowest BCUT2D eigenvalue weighted by molar-refractivity contribution is 0.476. The summed E-state index contributed by atoms with van der Waals surface area (Å²) in [6, 6.07) is 0.356. The Morgan fingerprint density at radius 3 is 2.68 bits per heavy atom. The molecule has 0 spiro atoms. The molecule has 1 aromatic heterocycles. The van der Waals surface area contributed by atoms with Gasteiger partial charge in [0.25, 0.3) is 0 Å². The second kappa shape index (κ2) is 6.13. The molecule has 1 aromatic rings. The summed E-state index contributed by atoms with van der Waals surface area (Å²) in [4.78, 5) is 6.91. The predicted molar refractivity (Wildman–Crippen MR) is 79.6 cm³/mol. The summed E-state index contributed by atoms with van der Waals surface area (Å²) in [5.74, 6) is 5.32. The molecule has 0 radical (unpaired) electrons. The molecule has 0 saturated carbocycles. The SMILES string of the molecule is NC1CCN(c2n[nH]c(CC3CCSCC3)n2)CC1. The van der Waals surface area contributed by atoms with Crippen LogP contribution in [0.3, 0.4) is 0 Å². The maximum atomic E-state index is 5.93. The van der Waals surface area contributed by atoms with Gasteiger partial charge in [-0.25, -0.2) is 0 Å². The molecule has 5 nitrogen and oxygen atoms in total. The second-order valence-corrected chi connectivity index (χ2v) is 6.89. The van der Waals surface area contributed by atoms with Crippen molar-refractivity contribution in [2.45, 2.75) is 38.1 Å². The predicted octanol–water partition coefficient (Wildman–Crippen LogP) is 1.42. The molecule has 19 heavy (non-hydrogen) atoms. The fourth-order valence-corrected chi connectivity index (χ4v) is 4.05. The summed E-state index contributed by atoms with van der Waals surface area (Å²) >= 11 is 2.07. The molecule has 3 N–H and O–H groups in total. The molecule has 0 aliphatic carbocycles. The number of aromatic nitrogens is 3. The quantitative estimate of drug-likeness (QED) is 0.877. The largest absolute Gasteiger partial charge is 0.339 e. The van der Waals surface area contributed by atoms with Crippen LogP contribution in [0.2, 0.25) is 0 Å². The second-order valence-electron chi connectivity index (χ2n) is 5.67. The van der Waals surface area contributed by atoms with Crippen molar-refractivity contribution >= 4 is 17.7 Å². The normalized spacial score (nSPS) is 22.9. The molecule has 2 saturated heterocycles. The first-order valence-electron chi connectivity index (χ1n) is 7.31. The highest BCUT2D eigenvalue weighted by Gasteiger charge is 2.21. The van der Waals surface area contributed by atoms with Crippen molar-refractivity contribution in [3.05, 3.63) is 5.82 Å². The van der Waals surface area contributed by atoms with Crippen LogP contribution in [0.5, 0.6) is 0 Å². The molecule has 0 amide bonds. The van der Waals surface area contributed by atoms with Crippen molar-refractivity contribution in [1.29, 1.82) is 0 Å². The molecule has 2 fully saturated rings. The lowest BCUT2D eigenvalue weighted by atomic mass is 9.99. The highest BCUT2D eigenvalue weighted by Crippen LogP contribution is 2.25. The molecule has 0 unspecified atom stereocenters. The van der Waals surface area contributed by atoms with E-state index in [4.69, 9.17) is 5.73 Å². The van der Waals surface area contributed by atoms with Gasteiger partial charge in [0.15, 0.2) is 0 Å². The fraction of sp³-hybridized carbons (Fsp3) is 0.846. The van der Waals surface area contributed by atoms with Crippen LogP contribution < -0.4 is 10.6 Å². The lowest BCUT2D eigenvalue weighted by Crippen LogP contribution is -2.40. The number of nitrogens with two attached hydrogens (primary N) is 1. The third-order valence-electron chi connectivity index (χ3n) is 4.17. The van der Waals surface area contributed by atoms with Crippen molar-refractivity contribution in [3.8, 4) is 0 Å². The van der Waals surface area contributed by atoms with E-state index in [0.29, 0.717) is 6.04 Å². The topological polar surface area (TPSA) is 70.8 Å². The van der Waals surface area contributed by atoms with E-state index in [1.165, 1.54) is 24.3 Å². The Bertz CT molecular complexity index is 393. The highest BCUT2D eigenvalue weighted by atomic mass is 32.2. The summed E-state index contributed by atoms with van der Waals surface area (Å²) in [6.07, 6.45) is 5.78. The van der Waals surface area contributed by atoms with Crippen molar-refractivity contribution < 1.29 is 0 Å². The standard InChI is InChI=1S/C13H23N5S/c14-11-1-5-18(6-2-11)13-15-12(16-17-13)9-10-3-7-19-8-4-10/h10-11H,1-9,14H2,(H,15,16,17). The summed E-state index contributed by atoms with van der Waals surface area (Å²) in [6.45, 7) is 1.97. The molecule has 0 aromatic carbocycles. The summed E-state index contributed by atoms with van der Waals surface area (Å²) in [5.41, 5.74) is 5.93. The summed E-state index contributed by atoms with van der Waals surface area (Å²) < 4.78 is 0. The van der Waals surface area contributed by atoms with Crippen molar-refractivity contribution in [2.75, 3.05) is 29.5 Å². The third-order valence-corrected chi connectivity index (χ3v) is 5.21. The number of nitrogens with zero attached hydrogens (tertiary/aromatic N) is 3. The van der Waals surface area contributed by atoms with E-state index in [1.54, 1.807) is 0 Å². The molecule has 3 rings (SSSR count). The first-order chi connectivity index (χ1) is 9.31. The molecule has 0 bridgehead atoms. The Kier molecular flexibility index (Phi) is 4.28. The third kappa shape index (κ3) is 3.42. The van der Waals surface area contributed by atoms with Crippen LogP contribution in [0.4, 0.5) is 5.95 Å². The van der Waals surface area contributed by atoms with E-state index in [9.17, 15) is 0 Å². The zero-order valence-corrected chi connectivity index (χ0v) is 12.2. The monoisotopic (exact) mass is 281 g/mol. The number of nitrogens with one attached hydrogen (secondary N) is 1. The molecular weight excluding hydrogens is 258 g/mol. The van der Waals surface area contributed by atoms with E-state index in [2.05, 4.69) is 31.8 Å². The Hall–Kier alpha value is -0.750. The fourth-order valence-electron chi connectivity index (χ4n) is 2.84. The van der Waals surface area contributed by atoms with Crippen LogP contribution in [-0.4, -0.2) is 45.8 Å². The summed E-state index contributed by atoms with van der Waals surface area (Å²) in [7, 11) is 0. The Morgan fingerprint density at radius 1 is 1.21 bits per heavy atom. The molecule has 2 aliphatic heterocycles. The molecule has 106 valence electrons. The number of thioether (sulfide) groups is 1. The van der Waals surface area contributed by atoms with Crippen molar-refractivity contribution in [1.82, 2.24) is 15.2 Å². The number of anilines is 1. The van der Waals surface area contributed by atoms with Gasteiger partial charge >= 0.3 is 0 Å². The van der Waals surface area contributed by atoms with E-state index < -0.39 is 0 Å². The molecule has 0 atom stereocenters.